The quantitative estimate of drug-likeness (QED) is 0.593. The Labute approximate surface area is 153 Å². The molecule has 0 bridgehead atoms. The Kier molecular flexibility index (Phi) is 4.28. The number of ether oxygens (including phenoxy) is 1. The summed E-state index contributed by atoms with van der Waals surface area (Å²) in [5.74, 6) is 0.694. The van der Waals surface area contributed by atoms with Crippen LogP contribution in [0.4, 0.5) is 5.82 Å². The van der Waals surface area contributed by atoms with Crippen molar-refractivity contribution in [2.24, 2.45) is 0 Å². The fraction of sp³-hybridized carbons (Fsp3) is 0.0526. The van der Waals surface area contributed by atoms with Gasteiger partial charge in [-0.3, -0.25) is 9.78 Å². The number of fused-ring (bicyclic) bond motifs is 1. The van der Waals surface area contributed by atoms with Gasteiger partial charge < -0.3 is 10.1 Å². The van der Waals surface area contributed by atoms with Crippen LogP contribution in [0.1, 0.15) is 9.67 Å². The van der Waals surface area contributed by atoms with E-state index in [1.54, 1.807) is 18.8 Å². The number of anilines is 1. The van der Waals surface area contributed by atoms with Crippen LogP contribution in [-0.2, 0) is 0 Å². The van der Waals surface area contributed by atoms with Gasteiger partial charge in [0.05, 0.1) is 25.0 Å². The van der Waals surface area contributed by atoms with Crippen molar-refractivity contribution in [2.45, 2.75) is 0 Å². The van der Waals surface area contributed by atoms with E-state index in [-0.39, 0.29) is 5.91 Å². The first-order chi connectivity index (χ1) is 12.8. The van der Waals surface area contributed by atoms with E-state index >= 15 is 0 Å². The van der Waals surface area contributed by atoms with E-state index in [0.717, 1.165) is 11.1 Å². The number of carbonyl (C=O) groups excluding carboxylic acids is 1. The van der Waals surface area contributed by atoms with Gasteiger partial charge in [-0.05, 0) is 17.7 Å². The number of aromatic nitrogens is 3. The summed E-state index contributed by atoms with van der Waals surface area (Å²) >= 11 is 1.27. The number of nitrogens with one attached hydrogen (secondary N) is 1. The third-order valence-corrected chi connectivity index (χ3v) is 4.64. The Hall–Kier alpha value is -3.32. The van der Waals surface area contributed by atoms with Crippen LogP contribution in [0.3, 0.4) is 0 Å². The van der Waals surface area contributed by atoms with Gasteiger partial charge >= 0.3 is 0 Å². The average molecular weight is 362 g/mol. The highest BCUT2D eigenvalue weighted by atomic mass is 32.1. The smallest absolute Gasteiger partial charge is 0.268 e. The van der Waals surface area contributed by atoms with Gasteiger partial charge in [-0.2, -0.15) is 0 Å². The number of hydrogen-bond acceptors (Lipinski definition) is 6. The molecule has 2 heterocycles. The van der Waals surface area contributed by atoms with E-state index in [0.29, 0.717) is 27.5 Å². The van der Waals surface area contributed by atoms with Gasteiger partial charge in [0.25, 0.3) is 5.91 Å². The molecule has 0 aliphatic carbocycles. The maximum atomic E-state index is 12.2. The first-order valence-corrected chi connectivity index (χ1v) is 8.73. The number of amides is 1. The van der Waals surface area contributed by atoms with Crippen LogP contribution in [0, 0.1) is 0 Å². The van der Waals surface area contributed by atoms with E-state index in [2.05, 4.69) is 20.3 Å². The SMILES string of the molecule is COc1ccc(-c2ccccc2)c2ncc(NC(=O)c3cncs3)nc12. The molecule has 4 aromatic rings. The van der Waals surface area contributed by atoms with Gasteiger partial charge in [0.1, 0.15) is 21.7 Å². The minimum Gasteiger partial charge on any atom is -0.494 e. The number of thiazole rings is 1. The zero-order valence-electron chi connectivity index (χ0n) is 13.8. The molecule has 0 fully saturated rings. The molecule has 0 radical (unpaired) electrons. The highest BCUT2D eigenvalue weighted by Crippen LogP contribution is 2.32. The summed E-state index contributed by atoms with van der Waals surface area (Å²) in [6.07, 6.45) is 3.07. The van der Waals surface area contributed by atoms with E-state index in [1.807, 2.05) is 42.5 Å². The van der Waals surface area contributed by atoms with Crippen molar-refractivity contribution in [2.75, 3.05) is 12.4 Å². The fourth-order valence-electron chi connectivity index (χ4n) is 2.66. The van der Waals surface area contributed by atoms with Crippen molar-refractivity contribution >= 4 is 34.1 Å². The van der Waals surface area contributed by atoms with Crippen LogP contribution < -0.4 is 10.1 Å². The van der Waals surface area contributed by atoms with Gasteiger partial charge in [-0.25, -0.2) is 9.97 Å². The maximum absolute atomic E-state index is 12.2. The summed E-state index contributed by atoms with van der Waals surface area (Å²) in [7, 11) is 1.58. The monoisotopic (exact) mass is 362 g/mol. The molecule has 26 heavy (non-hydrogen) atoms. The molecule has 6 nitrogen and oxygen atoms in total. The van der Waals surface area contributed by atoms with Gasteiger partial charge in [-0.1, -0.05) is 30.3 Å². The lowest BCUT2D eigenvalue weighted by atomic mass is 10.0. The van der Waals surface area contributed by atoms with Crippen molar-refractivity contribution < 1.29 is 9.53 Å². The topological polar surface area (TPSA) is 77.0 Å². The number of carbonyl (C=O) groups is 1. The highest BCUT2D eigenvalue weighted by molar-refractivity contribution is 7.11. The Morgan fingerprint density at radius 2 is 1.92 bits per heavy atom. The van der Waals surface area contributed by atoms with Gasteiger partial charge in [0.2, 0.25) is 0 Å². The molecule has 0 aliphatic heterocycles. The molecule has 1 N–H and O–H groups in total. The predicted octanol–water partition coefficient (Wildman–Crippen LogP) is 4.01. The van der Waals surface area contributed by atoms with Crippen molar-refractivity contribution in [3.8, 4) is 16.9 Å². The fourth-order valence-corrected chi connectivity index (χ4v) is 3.17. The molecule has 4 rings (SSSR count). The second-order valence-electron chi connectivity index (χ2n) is 5.45. The van der Waals surface area contributed by atoms with Crippen LogP contribution >= 0.6 is 11.3 Å². The van der Waals surface area contributed by atoms with Gasteiger partial charge in [0.15, 0.2) is 5.82 Å². The van der Waals surface area contributed by atoms with Crippen LogP contribution in [0.5, 0.6) is 5.75 Å². The molecule has 0 saturated heterocycles. The highest BCUT2D eigenvalue weighted by Gasteiger charge is 2.14. The normalized spacial score (nSPS) is 10.7. The first kappa shape index (κ1) is 16.2. The first-order valence-electron chi connectivity index (χ1n) is 7.85. The molecule has 0 aliphatic rings. The number of hydrogen-bond donors (Lipinski definition) is 1. The van der Waals surface area contributed by atoms with E-state index in [1.165, 1.54) is 17.5 Å². The molecule has 128 valence electrons. The number of rotatable bonds is 4. The van der Waals surface area contributed by atoms with Crippen molar-refractivity contribution in [1.29, 1.82) is 0 Å². The van der Waals surface area contributed by atoms with Gasteiger partial charge in [-0.15, -0.1) is 11.3 Å². The van der Waals surface area contributed by atoms with Crippen molar-refractivity contribution in [3.05, 3.63) is 65.2 Å². The molecule has 2 aromatic heterocycles. The second kappa shape index (κ2) is 6.89. The zero-order chi connectivity index (χ0) is 17.9. The lowest BCUT2D eigenvalue weighted by molar-refractivity contribution is 0.103. The lowest BCUT2D eigenvalue weighted by Gasteiger charge is -2.11. The minimum atomic E-state index is -0.265. The number of methoxy groups -OCH3 is 1. The number of nitrogens with zero attached hydrogens (tertiary/aromatic N) is 3. The Balaban J connectivity index is 1.78. The summed E-state index contributed by atoms with van der Waals surface area (Å²) in [4.78, 5) is 25.7. The average Bonchev–Trinajstić information content (AvgIpc) is 3.23. The van der Waals surface area contributed by atoms with Crippen LogP contribution in [0.15, 0.2) is 60.4 Å². The summed E-state index contributed by atoms with van der Waals surface area (Å²) in [5, 5.41) is 2.75. The molecule has 7 heteroatoms. The van der Waals surface area contributed by atoms with Gasteiger partial charge in [0, 0.05) is 5.56 Å². The summed E-state index contributed by atoms with van der Waals surface area (Å²) in [6, 6.07) is 13.8. The Morgan fingerprint density at radius 3 is 2.65 bits per heavy atom. The molecule has 1 amide bonds. The Morgan fingerprint density at radius 1 is 1.08 bits per heavy atom. The minimum absolute atomic E-state index is 0.265. The molecular weight excluding hydrogens is 348 g/mol. The number of benzene rings is 2. The van der Waals surface area contributed by atoms with Crippen LogP contribution in [-0.4, -0.2) is 28.0 Å². The van der Waals surface area contributed by atoms with E-state index in [9.17, 15) is 4.79 Å². The molecule has 0 atom stereocenters. The molecule has 0 spiro atoms. The lowest BCUT2D eigenvalue weighted by Crippen LogP contribution is -2.12. The third kappa shape index (κ3) is 3.00. The second-order valence-corrected chi connectivity index (χ2v) is 6.34. The molecular formula is C19H14N4O2S. The van der Waals surface area contributed by atoms with Crippen LogP contribution in [0.2, 0.25) is 0 Å². The Bertz CT molecular complexity index is 1070. The maximum Gasteiger partial charge on any atom is 0.268 e. The van der Waals surface area contributed by atoms with E-state index < -0.39 is 0 Å². The predicted molar refractivity (Wildman–Crippen MR) is 102 cm³/mol. The van der Waals surface area contributed by atoms with E-state index in [4.69, 9.17) is 4.74 Å². The largest absolute Gasteiger partial charge is 0.494 e. The standard InChI is InChI=1S/C19H14N4O2S/c1-25-14-8-7-13(12-5-3-2-4-6-12)17-18(14)22-16(10-21-17)23-19(24)15-9-20-11-26-15/h2-11H,1H3,(H,22,23,24). The van der Waals surface area contributed by atoms with Crippen molar-refractivity contribution in [3.63, 3.8) is 0 Å². The summed E-state index contributed by atoms with van der Waals surface area (Å²) in [6.45, 7) is 0. The zero-order valence-corrected chi connectivity index (χ0v) is 14.7. The van der Waals surface area contributed by atoms with Crippen molar-refractivity contribution in [1.82, 2.24) is 15.0 Å². The molecule has 0 unspecified atom stereocenters. The summed E-state index contributed by atoms with van der Waals surface area (Å²) < 4.78 is 5.43. The molecule has 0 saturated carbocycles. The summed E-state index contributed by atoms with van der Waals surface area (Å²) in [5.41, 5.74) is 4.91. The third-order valence-electron chi connectivity index (χ3n) is 3.86. The molecule has 2 aromatic carbocycles. The van der Waals surface area contributed by atoms with Crippen LogP contribution in [0.25, 0.3) is 22.2 Å².